The second kappa shape index (κ2) is 5.38. The molecule has 1 aliphatic carbocycles. The summed E-state index contributed by atoms with van der Waals surface area (Å²) >= 11 is 1.45. The normalized spacial score (nSPS) is 27.4. The molecule has 1 aliphatic rings. The monoisotopic (exact) mass is 269 g/mol. The van der Waals surface area contributed by atoms with Crippen LogP contribution < -0.4 is 0 Å². The van der Waals surface area contributed by atoms with Crippen molar-refractivity contribution in [3.8, 4) is 0 Å². The molecule has 1 heterocycles. The first-order chi connectivity index (χ1) is 8.56. The second-order valence-electron chi connectivity index (χ2n) is 4.76. The molecular weight excluding hydrogens is 250 g/mol. The zero-order valence-corrected chi connectivity index (χ0v) is 11.7. The number of likely N-dealkylation sites (N-methyl/N-ethyl adjacent to an activating group) is 1. The Bertz CT molecular complexity index is 432. The lowest BCUT2D eigenvalue weighted by Crippen LogP contribution is -2.44. The molecule has 3 atom stereocenters. The van der Waals surface area contributed by atoms with Crippen molar-refractivity contribution in [3.05, 3.63) is 21.9 Å². The van der Waals surface area contributed by atoms with Crippen molar-refractivity contribution in [1.29, 1.82) is 0 Å². The summed E-state index contributed by atoms with van der Waals surface area (Å²) in [6, 6.07) is 1.79. The van der Waals surface area contributed by atoms with Crippen molar-refractivity contribution < 1.29 is 14.6 Å². The SMILES string of the molecule is CO[C@@H]1CC[C@@H](N(C)C(=O)c2sccc2C)[C@H]1O. The highest BCUT2D eigenvalue weighted by Crippen LogP contribution is 2.28. The van der Waals surface area contributed by atoms with Gasteiger partial charge in [0.2, 0.25) is 0 Å². The smallest absolute Gasteiger partial charge is 0.264 e. The number of methoxy groups -OCH3 is 1. The van der Waals surface area contributed by atoms with Gasteiger partial charge in [0, 0.05) is 14.2 Å². The third-order valence-corrected chi connectivity index (χ3v) is 4.70. The van der Waals surface area contributed by atoms with Crippen LogP contribution in [0, 0.1) is 6.92 Å². The van der Waals surface area contributed by atoms with E-state index < -0.39 is 6.10 Å². The number of rotatable bonds is 3. The van der Waals surface area contributed by atoms with Crippen molar-refractivity contribution in [2.24, 2.45) is 0 Å². The molecule has 18 heavy (non-hydrogen) atoms. The maximum Gasteiger partial charge on any atom is 0.264 e. The lowest BCUT2D eigenvalue weighted by molar-refractivity contribution is -0.0155. The van der Waals surface area contributed by atoms with Crippen LogP contribution >= 0.6 is 11.3 Å². The Morgan fingerprint density at radius 3 is 2.78 bits per heavy atom. The Labute approximate surface area is 111 Å². The summed E-state index contributed by atoms with van der Waals surface area (Å²) in [6.45, 7) is 1.93. The molecule has 2 rings (SSSR count). The molecule has 0 unspecified atom stereocenters. The van der Waals surface area contributed by atoms with E-state index >= 15 is 0 Å². The number of aryl methyl sites for hydroxylation is 1. The fourth-order valence-electron chi connectivity index (χ4n) is 2.51. The molecule has 0 bridgehead atoms. The van der Waals surface area contributed by atoms with E-state index in [1.165, 1.54) is 11.3 Å². The van der Waals surface area contributed by atoms with E-state index in [1.54, 1.807) is 19.1 Å². The molecule has 5 heteroatoms. The summed E-state index contributed by atoms with van der Waals surface area (Å²) < 4.78 is 5.21. The molecule has 0 saturated heterocycles. The van der Waals surface area contributed by atoms with E-state index in [4.69, 9.17) is 4.74 Å². The Kier molecular flexibility index (Phi) is 4.04. The van der Waals surface area contributed by atoms with Gasteiger partial charge in [0.15, 0.2) is 0 Å². The predicted molar refractivity (Wildman–Crippen MR) is 71.0 cm³/mol. The van der Waals surface area contributed by atoms with Crippen molar-refractivity contribution in [3.63, 3.8) is 0 Å². The molecule has 4 nitrogen and oxygen atoms in total. The van der Waals surface area contributed by atoms with Crippen LogP contribution in [0.25, 0.3) is 0 Å². The van der Waals surface area contributed by atoms with Crippen LogP contribution in [0.3, 0.4) is 0 Å². The minimum Gasteiger partial charge on any atom is -0.388 e. The van der Waals surface area contributed by atoms with Gasteiger partial charge in [0.25, 0.3) is 5.91 Å². The number of hydrogen-bond acceptors (Lipinski definition) is 4. The third-order valence-electron chi connectivity index (χ3n) is 3.70. The van der Waals surface area contributed by atoms with Crippen molar-refractivity contribution in [2.45, 2.75) is 38.0 Å². The maximum absolute atomic E-state index is 12.3. The van der Waals surface area contributed by atoms with Gasteiger partial charge in [0.1, 0.15) is 6.10 Å². The minimum absolute atomic E-state index is 0.0108. The number of thiophene rings is 1. The zero-order valence-electron chi connectivity index (χ0n) is 10.9. The molecule has 1 N–H and O–H groups in total. The highest BCUT2D eigenvalue weighted by Gasteiger charge is 2.39. The number of amides is 1. The summed E-state index contributed by atoms with van der Waals surface area (Å²) in [5.41, 5.74) is 0.993. The average Bonchev–Trinajstić information content (AvgIpc) is 2.93. The van der Waals surface area contributed by atoms with Gasteiger partial charge in [-0.15, -0.1) is 11.3 Å². The molecule has 1 amide bonds. The first kappa shape index (κ1) is 13.5. The van der Waals surface area contributed by atoms with E-state index in [9.17, 15) is 9.90 Å². The lowest BCUT2D eigenvalue weighted by Gasteiger charge is -2.28. The number of ether oxygens (including phenoxy) is 1. The van der Waals surface area contributed by atoms with Crippen molar-refractivity contribution in [1.82, 2.24) is 4.90 Å². The minimum atomic E-state index is -0.593. The van der Waals surface area contributed by atoms with Gasteiger partial charge < -0.3 is 14.7 Å². The topological polar surface area (TPSA) is 49.8 Å². The Morgan fingerprint density at radius 1 is 1.56 bits per heavy atom. The first-order valence-corrected chi connectivity index (χ1v) is 6.96. The van der Waals surface area contributed by atoms with Crippen LogP contribution in [-0.4, -0.2) is 48.3 Å². The summed E-state index contributed by atoms with van der Waals surface area (Å²) in [4.78, 5) is 14.7. The van der Waals surface area contributed by atoms with Gasteiger partial charge in [-0.1, -0.05) is 0 Å². The van der Waals surface area contributed by atoms with Crippen LogP contribution in [-0.2, 0) is 4.74 Å². The summed E-state index contributed by atoms with van der Waals surface area (Å²) in [7, 11) is 3.36. The van der Waals surface area contributed by atoms with E-state index in [1.807, 2.05) is 18.4 Å². The largest absolute Gasteiger partial charge is 0.388 e. The summed E-state index contributed by atoms with van der Waals surface area (Å²) in [5, 5.41) is 12.0. The number of carbonyl (C=O) groups excluding carboxylic acids is 1. The van der Waals surface area contributed by atoms with Gasteiger partial charge in [-0.05, 0) is 36.8 Å². The maximum atomic E-state index is 12.3. The quantitative estimate of drug-likeness (QED) is 0.908. The summed E-state index contributed by atoms with van der Waals surface area (Å²) in [6.07, 6.45) is 0.828. The number of nitrogens with zero attached hydrogens (tertiary/aromatic N) is 1. The fourth-order valence-corrected chi connectivity index (χ4v) is 3.41. The Balaban J connectivity index is 2.11. The highest BCUT2D eigenvalue weighted by molar-refractivity contribution is 7.12. The van der Waals surface area contributed by atoms with E-state index in [-0.39, 0.29) is 18.1 Å². The number of aliphatic hydroxyl groups excluding tert-OH is 1. The average molecular weight is 269 g/mol. The molecule has 1 saturated carbocycles. The van der Waals surface area contributed by atoms with Gasteiger partial charge in [-0.2, -0.15) is 0 Å². The highest BCUT2D eigenvalue weighted by atomic mass is 32.1. The third kappa shape index (κ3) is 2.30. The summed E-state index contributed by atoms with van der Waals surface area (Å²) in [5.74, 6) is -0.0108. The first-order valence-electron chi connectivity index (χ1n) is 6.08. The van der Waals surface area contributed by atoms with Crippen molar-refractivity contribution >= 4 is 17.2 Å². The fraction of sp³-hybridized carbons (Fsp3) is 0.615. The Morgan fingerprint density at radius 2 is 2.28 bits per heavy atom. The van der Waals surface area contributed by atoms with Crippen LogP contribution in [0.4, 0.5) is 0 Å². The molecule has 1 aromatic heterocycles. The van der Waals surface area contributed by atoms with Crippen LogP contribution in [0.5, 0.6) is 0 Å². The van der Waals surface area contributed by atoms with Gasteiger partial charge >= 0.3 is 0 Å². The zero-order chi connectivity index (χ0) is 13.3. The molecule has 0 aromatic carbocycles. The van der Waals surface area contributed by atoms with Crippen LogP contribution in [0.2, 0.25) is 0 Å². The van der Waals surface area contributed by atoms with E-state index in [0.29, 0.717) is 0 Å². The second-order valence-corrected chi connectivity index (χ2v) is 5.67. The molecule has 0 radical (unpaired) electrons. The number of hydrogen-bond donors (Lipinski definition) is 1. The predicted octanol–water partition coefficient (Wildman–Crippen LogP) is 1.67. The van der Waals surface area contributed by atoms with E-state index in [2.05, 4.69) is 0 Å². The number of aliphatic hydroxyl groups is 1. The molecule has 0 aliphatic heterocycles. The van der Waals surface area contributed by atoms with Crippen molar-refractivity contribution in [2.75, 3.05) is 14.2 Å². The van der Waals surface area contributed by atoms with Gasteiger partial charge in [0.05, 0.1) is 17.0 Å². The molecule has 100 valence electrons. The number of carbonyl (C=O) groups is 1. The van der Waals surface area contributed by atoms with Gasteiger partial charge in [-0.25, -0.2) is 0 Å². The van der Waals surface area contributed by atoms with E-state index in [0.717, 1.165) is 23.3 Å². The van der Waals surface area contributed by atoms with Crippen LogP contribution in [0.15, 0.2) is 11.4 Å². The Hall–Kier alpha value is -0.910. The lowest BCUT2D eigenvalue weighted by atomic mass is 10.1. The molecular formula is C13H19NO3S. The molecule has 1 fully saturated rings. The van der Waals surface area contributed by atoms with Gasteiger partial charge in [-0.3, -0.25) is 4.79 Å². The molecule has 0 spiro atoms. The van der Waals surface area contributed by atoms with Crippen LogP contribution in [0.1, 0.15) is 28.1 Å². The molecule has 1 aromatic rings. The standard InChI is InChI=1S/C13H19NO3S/c1-8-6-7-18-12(8)13(16)14(2)9-4-5-10(17-3)11(9)15/h6-7,9-11,15H,4-5H2,1-3H3/t9-,10-,11-/m1/s1.